The third-order valence-electron chi connectivity index (χ3n) is 3.34. The molecule has 6 nitrogen and oxygen atoms in total. The molecule has 120 valence electrons. The number of hydrogen-bond donors (Lipinski definition) is 2. The van der Waals surface area contributed by atoms with Crippen LogP contribution in [0.1, 0.15) is 16.8 Å². The highest BCUT2D eigenvalue weighted by Gasteiger charge is 2.20. The van der Waals surface area contributed by atoms with Crippen LogP contribution in [0.2, 0.25) is 5.02 Å². The highest BCUT2D eigenvalue weighted by molar-refractivity contribution is 6.32. The molecule has 1 aromatic heterocycles. The molecular formula is C16H15ClN2O4. The van der Waals surface area contributed by atoms with E-state index < -0.39 is 0 Å². The second kappa shape index (κ2) is 6.85. The average molecular weight is 335 g/mol. The van der Waals surface area contributed by atoms with Crippen molar-refractivity contribution in [2.45, 2.75) is 12.5 Å². The van der Waals surface area contributed by atoms with Crippen molar-refractivity contribution in [2.24, 2.45) is 0 Å². The molecule has 0 aliphatic carbocycles. The first-order chi connectivity index (χ1) is 11.1. The third kappa shape index (κ3) is 3.91. The smallest absolute Gasteiger partial charge is 0.257 e. The van der Waals surface area contributed by atoms with Gasteiger partial charge in [-0.1, -0.05) is 17.7 Å². The van der Waals surface area contributed by atoms with Crippen molar-refractivity contribution in [1.29, 1.82) is 0 Å². The van der Waals surface area contributed by atoms with Crippen LogP contribution in [0.4, 0.5) is 5.69 Å². The number of nitrogens with one attached hydrogen (secondary N) is 1. The first-order valence-electron chi connectivity index (χ1n) is 7.12. The van der Waals surface area contributed by atoms with Gasteiger partial charge in [0.1, 0.15) is 16.9 Å². The fourth-order valence-corrected chi connectivity index (χ4v) is 2.40. The molecule has 1 fully saturated rings. The van der Waals surface area contributed by atoms with Gasteiger partial charge in [-0.25, -0.2) is 4.98 Å². The number of hydrogen-bond acceptors (Lipinski definition) is 5. The predicted octanol–water partition coefficient (Wildman–Crippen LogP) is 2.86. The minimum absolute atomic E-state index is 0.0630. The maximum absolute atomic E-state index is 12.2. The number of carbonyl (C=O) groups excluding carboxylic acids is 1. The van der Waals surface area contributed by atoms with Crippen molar-refractivity contribution in [3.05, 3.63) is 47.1 Å². The van der Waals surface area contributed by atoms with Crippen LogP contribution in [0.25, 0.3) is 0 Å². The van der Waals surface area contributed by atoms with Crippen LogP contribution in [-0.4, -0.2) is 35.3 Å². The lowest BCUT2D eigenvalue weighted by Crippen LogP contribution is -2.17. The normalized spacial score (nSPS) is 17.0. The summed E-state index contributed by atoms with van der Waals surface area (Å²) in [6, 6.07) is 7.77. The Kier molecular flexibility index (Phi) is 4.64. The molecule has 0 saturated carbocycles. The number of pyridine rings is 1. The summed E-state index contributed by atoms with van der Waals surface area (Å²) in [5, 5.41) is 12.3. The van der Waals surface area contributed by atoms with Crippen LogP contribution < -0.4 is 10.1 Å². The second-order valence-electron chi connectivity index (χ2n) is 5.12. The number of aromatic hydroxyl groups is 1. The lowest BCUT2D eigenvalue weighted by molar-refractivity contribution is 0.102. The maximum atomic E-state index is 12.2. The van der Waals surface area contributed by atoms with Crippen molar-refractivity contribution in [3.63, 3.8) is 0 Å². The molecule has 1 unspecified atom stereocenters. The SMILES string of the molecule is O=C(Nc1cccc(O)c1)c1cnc(OC2CCOC2)c(Cl)c1. The molecule has 23 heavy (non-hydrogen) atoms. The number of aromatic nitrogens is 1. The molecule has 3 rings (SSSR count). The van der Waals surface area contributed by atoms with Gasteiger partial charge in [0.15, 0.2) is 0 Å². The van der Waals surface area contributed by atoms with Crippen LogP contribution in [0.5, 0.6) is 11.6 Å². The summed E-state index contributed by atoms with van der Waals surface area (Å²) in [5.74, 6) is -0.0155. The van der Waals surface area contributed by atoms with Crippen LogP contribution in [0, 0.1) is 0 Å². The van der Waals surface area contributed by atoms with E-state index in [-0.39, 0.29) is 28.7 Å². The first kappa shape index (κ1) is 15.6. The number of nitrogens with zero attached hydrogens (tertiary/aromatic N) is 1. The number of rotatable bonds is 4. The summed E-state index contributed by atoms with van der Waals surface area (Å²) in [5.41, 5.74) is 0.780. The van der Waals surface area contributed by atoms with Gasteiger partial charge in [-0.05, 0) is 18.2 Å². The molecule has 1 aromatic carbocycles. The molecule has 0 radical (unpaired) electrons. The van der Waals surface area contributed by atoms with E-state index in [2.05, 4.69) is 10.3 Å². The molecule has 1 amide bonds. The maximum Gasteiger partial charge on any atom is 0.257 e. The Labute approximate surface area is 138 Å². The zero-order chi connectivity index (χ0) is 16.2. The highest BCUT2D eigenvalue weighted by Crippen LogP contribution is 2.25. The fourth-order valence-electron chi connectivity index (χ4n) is 2.19. The number of benzene rings is 1. The van der Waals surface area contributed by atoms with E-state index >= 15 is 0 Å². The molecular weight excluding hydrogens is 320 g/mol. The number of phenols is 1. The van der Waals surface area contributed by atoms with Crippen molar-refractivity contribution >= 4 is 23.2 Å². The molecule has 0 spiro atoms. The Morgan fingerprint density at radius 1 is 1.43 bits per heavy atom. The molecule has 0 bridgehead atoms. The Morgan fingerprint density at radius 2 is 2.30 bits per heavy atom. The average Bonchev–Trinajstić information content (AvgIpc) is 3.02. The summed E-state index contributed by atoms with van der Waals surface area (Å²) in [6.45, 7) is 1.17. The summed E-state index contributed by atoms with van der Waals surface area (Å²) in [4.78, 5) is 16.3. The minimum Gasteiger partial charge on any atom is -0.508 e. The molecule has 2 N–H and O–H groups in total. The number of ether oxygens (including phenoxy) is 2. The van der Waals surface area contributed by atoms with Crippen molar-refractivity contribution in [1.82, 2.24) is 4.98 Å². The van der Waals surface area contributed by atoms with Gasteiger partial charge in [0.2, 0.25) is 5.88 Å². The Bertz CT molecular complexity index is 717. The number of halogens is 1. The van der Waals surface area contributed by atoms with E-state index in [0.29, 0.717) is 24.5 Å². The van der Waals surface area contributed by atoms with Crippen LogP contribution >= 0.6 is 11.6 Å². The zero-order valence-corrected chi connectivity index (χ0v) is 12.9. The van der Waals surface area contributed by atoms with E-state index in [1.807, 2.05) is 0 Å². The van der Waals surface area contributed by atoms with E-state index in [1.54, 1.807) is 12.1 Å². The minimum atomic E-state index is -0.374. The molecule has 1 aliphatic heterocycles. The standard InChI is InChI=1S/C16H15ClN2O4/c17-14-6-10(8-18-16(14)23-13-4-5-22-9-13)15(21)19-11-2-1-3-12(20)7-11/h1-3,6-8,13,20H,4-5,9H2,(H,19,21). The number of phenolic OH excluding ortho intramolecular Hbond substituents is 1. The molecule has 1 saturated heterocycles. The summed E-state index contributed by atoms with van der Waals surface area (Å²) >= 11 is 6.13. The Morgan fingerprint density at radius 3 is 3.00 bits per heavy atom. The van der Waals surface area contributed by atoms with Gasteiger partial charge in [0.25, 0.3) is 5.91 Å². The third-order valence-corrected chi connectivity index (χ3v) is 3.61. The summed E-state index contributed by atoms with van der Waals surface area (Å²) in [6.07, 6.45) is 2.12. The number of anilines is 1. The number of amides is 1. The molecule has 1 atom stereocenters. The van der Waals surface area contributed by atoms with Crippen LogP contribution in [-0.2, 0) is 4.74 Å². The van der Waals surface area contributed by atoms with Crippen LogP contribution in [0.15, 0.2) is 36.5 Å². The molecule has 2 heterocycles. The first-order valence-corrected chi connectivity index (χ1v) is 7.50. The molecule has 7 heteroatoms. The monoisotopic (exact) mass is 334 g/mol. The second-order valence-corrected chi connectivity index (χ2v) is 5.53. The van der Waals surface area contributed by atoms with Gasteiger partial charge in [-0.15, -0.1) is 0 Å². The Balaban J connectivity index is 1.70. The van der Waals surface area contributed by atoms with Gasteiger partial charge < -0.3 is 19.9 Å². The van der Waals surface area contributed by atoms with Gasteiger partial charge in [0.05, 0.1) is 18.8 Å². The topological polar surface area (TPSA) is 80.7 Å². The largest absolute Gasteiger partial charge is 0.508 e. The van der Waals surface area contributed by atoms with E-state index in [0.717, 1.165) is 6.42 Å². The van der Waals surface area contributed by atoms with Gasteiger partial charge in [-0.3, -0.25) is 4.79 Å². The fraction of sp³-hybridized carbons (Fsp3) is 0.250. The van der Waals surface area contributed by atoms with Gasteiger partial charge >= 0.3 is 0 Å². The quantitative estimate of drug-likeness (QED) is 0.898. The molecule has 1 aliphatic rings. The lowest BCUT2D eigenvalue weighted by Gasteiger charge is -2.12. The Hall–Kier alpha value is -2.31. The number of carbonyl (C=O) groups is 1. The lowest BCUT2D eigenvalue weighted by atomic mass is 10.2. The van der Waals surface area contributed by atoms with E-state index in [4.69, 9.17) is 21.1 Å². The predicted molar refractivity (Wildman–Crippen MR) is 85.2 cm³/mol. The summed E-state index contributed by atoms with van der Waals surface area (Å²) in [7, 11) is 0. The summed E-state index contributed by atoms with van der Waals surface area (Å²) < 4.78 is 10.9. The van der Waals surface area contributed by atoms with Crippen molar-refractivity contribution in [3.8, 4) is 11.6 Å². The molecule has 2 aromatic rings. The van der Waals surface area contributed by atoms with Crippen LogP contribution in [0.3, 0.4) is 0 Å². The highest BCUT2D eigenvalue weighted by atomic mass is 35.5. The van der Waals surface area contributed by atoms with Gasteiger partial charge in [0, 0.05) is 24.4 Å². The van der Waals surface area contributed by atoms with Crippen molar-refractivity contribution < 1.29 is 19.4 Å². The van der Waals surface area contributed by atoms with E-state index in [1.165, 1.54) is 24.4 Å². The van der Waals surface area contributed by atoms with Crippen molar-refractivity contribution in [2.75, 3.05) is 18.5 Å². The zero-order valence-electron chi connectivity index (χ0n) is 12.2. The van der Waals surface area contributed by atoms with Gasteiger partial charge in [-0.2, -0.15) is 0 Å². The van der Waals surface area contributed by atoms with E-state index in [9.17, 15) is 9.90 Å².